The minimum Gasteiger partial charge on any atom is -0.380 e. The van der Waals surface area contributed by atoms with Crippen molar-refractivity contribution in [3.8, 4) is 11.3 Å². The Labute approximate surface area is 123 Å². The van der Waals surface area contributed by atoms with Crippen LogP contribution >= 0.6 is 0 Å². The van der Waals surface area contributed by atoms with E-state index in [9.17, 15) is 4.79 Å². The topological polar surface area (TPSA) is 93.0 Å². The highest BCUT2D eigenvalue weighted by molar-refractivity contribution is 5.76. The minimum absolute atomic E-state index is 0.0649. The maximum atomic E-state index is 11.7. The molecule has 0 saturated heterocycles. The molecule has 6 heteroatoms. The first-order valence-electron chi connectivity index (χ1n) is 6.81. The maximum Gasteiger partial charge on any atom is 0.222 e. The fourth-order valence-electron chi connectivity index (χ4n) is 1.96. The second-order valence-electron chi connectivity index (χ2n) is 4.74. The van der Waals surface area contributed by atoms with Gasteiger partial charge in [0, 0.05) is 26.4 Å². The number of methoxy groups -OCH3 is 1. The molecular weight excluding hydrogens is 268 g/mol. The number of rotatable bonds is 7. The SMILES string of the molecule is COC(CN)CC(=O)NCc1ccc(-c2ccn[nH]2)cc1. The molecule has 4 N–H and O–H groups in total. The number of aromatic amines is 1. The zero-order valence-corrected chi connectivity index (χ0v) is 12.0. The number of amides is 1. The van der Waals surface area contributed by atoms with Gasteiger partial charge in [0.15, 0.2) is 0 Å². The summed E-state index contributed by atoms with van der Waals surface area (Å²) in [7, 11) is 1.55. The quantitative estimate of drug-likeness (QED) is 0.710. The average Bonchev–Trinajstić information content (AvgIpc) is 3.05. The van der Waals surface area contributed by atoms with Gasteiger partial charge in [-0.3, -0.25) is 9.89 Å². The Morgan fingerprint density at radius 2 is 2.14 bits per heavy atom. The molecule has 1 aromatic heterocycles. The van der Waals surface area contributed by atoms with Gasteiger partial charge in [-0.15, -0.1) is 0 Å². The molecule has 0 saturated carbocycles. The maximum absolute atomic E-state index is 11.7. The number of carbonyl (C=O) groups excluding carboxylic acids is 1. The molecule has 0 aliphatic heterocycles. The minimum atomic E-state index is -0.229. The molecule has 1 amide bonds. The molecule has 0 radical (unpaired) electrons. The van der Waals surface area contributed by atoms with E-state index in [1.165, 1.54) is 0 Å². The third-order valence-corrected chi connectivity index (χ3v) is 3.26. The van der Waals surface area contributed by atoms with Gasteiger partial charge >= 0.3 is 0 Å². The van der Waals surface area contributed by atoms with E-state index in [0.717, 1.165) is 16.8 Å². The molecule has 1 unspecified atom stereocenters. The Morgan fingerprint density at radius 3 is 2.71 bits per heavy atom. The number of nitrogens with two attached hydrogens (primary N) is 1. The van der Waals surface area contributed by atoms with Crippen LogP contribution in [0.3, 0.4) is 0 Å². The fourth-order valence-corrected chi connectivity index (χ4v) is 1.96. The Morgan fingerprint density at radius 1 is 1.38 bits per heavy atom. The smallest absolute Gasteiger partial charge is 0.222 e. The van der Waals surface area contributed by atoms with Crippen LogP contribution in [-0.4, -0.2) is 35.9 Å². The Kier molecular flexibility index (Phi) is 5.48. The summed E-state index contributed by atoms with van der Waals surface area (Å²) in [6.07, 6.45) is 1.76. The summed E-state index contributed by atoms with van der Waals surface area (Å²) in [6.45, 7) is 0.825. The average molecular weight is 288 g/mol. The molecule has 0 bridgehead atoms. The van der Waals surface area contributed by atoms with Gasteiger partial charge in [-0.05, 0) is 17.2 Å². The van der Waals surface area contributed by atoms with Gasteiger partial charge in [-0.1, -0.05) is 24.3 Å². The summed E-state index contributed by atoms with van der Waals surface area (Å²) < 4.78 is 5.08. The number of nitrogens with zero attached hydrogens (tertiary/aromatic N) is 1. The van der Waals surface area contributed by atoms with Crippen LogP contribution in [0.4, 0.5) is 0 Å². The number of ether oxygens (including phenoxy) is 1. The van der Waals surface area contributed by atoms with Crippen LogP contribution in [0.5, 0.6) is 0 Å². The predicted molar refractivity (Wildman–Crippen MR) is 80.3 cm³/mol. The van der Waals surface area contributed by atoms with E-state index in [0.29, 0.717) is 13.1 Å². The van der Waals surface area contributed by atoms with Crippen LogP contribution in [0.1, 0.15) is 12.0 Å². The van der Waals surface area contributed by atoms with Crippen LogP contribution < -0.4 is 11.1 Å². The lowest BCUT2D eigenvalue weighted by atomic mass is 10.1. The van der Waals surface area contributed by atoms with Crippen molar-refractivity contribution in [3.05, 3.63) is 42.1 Å². The van der Waals surface area contributed by atoms with Gasteiger partial charge in [0.05, 0.1) is 18.2 Å². The molecule has 2 aromatic rings. The number of nitrogens with one attached hydrogen (secondary N) is 2. The highest BCUT2D eigenvalue weighted by atomic mass is 16.5. The molecule has 0 aliphatic rings. The number of H-pyrrole nitrogens is 1. The highest BCUT2D eigenvalue weighted by Crippen LogP contribution is 2.16. The Hall–Kier alpha value is -2.18. The predicted octanol–water partition coefficient (Wildman–Crippen LogP) is 1.06. The van der Waals surface area contributed by atoms with Crippen molar-refractivity contribution in [3.63, 3.8) is 0 Å². The van der Waals surface area contributed by atoms with Crippen molar-refractivity contribution in [1.29, 1.82) is 0 Å². The Balaban J connectivity index is 1.85. The summed E-state index contributed by atoms with van der Waals surface area (Å²) in [4.78, 5) is 11.7. The largest absolute Gasteiger partial charge is 0.380 e. The van der Waals surface area contributed by atoms with Crippen LogP contribution in [0.15, 0.2) is 36.5 Å². The normalized spacial score (nSPS) is 12.1. The molecule has 1 aromatic carbocycles. The zero-order valence-electron chi connectivity index (χ0n) is 12.0. The Bertz CT molecular complexity index is 548. The third kappa shape index (κ3) is 4.40. The van der Waals surface area contributed by atoms with E-state index in [4.69, 9.17) is 10.5 Å². The van der Waals surface area contributed by atoms with Gasteiger partial charge in [0.25, 0.3) is 0 Å². The van der Waals surface area contributed by atoms with Gasteiger partial charge in [0.1, 0.15) is 0 Å². The zero-order chi connectivity index (χ0) is 15.1. The number of hydrogen-bond acceptors (Lipinski definition) is 4. The second kappa shape index (κ2) is 7.56. The first-order chi connectivity index (χ1) is 10.2. The van der Waals surface area contributed by atoms with Gasteiger partial charge in [-0.2, -0.15) is 5.10 Å². The van der Waals surface area contributed by atoms with E-state index in [2.05, 4.69) is 15.5 Å². The molecule has 1 heterocycles. The van der Waals surface area contributed by atoms with E-state index < -0.39 is 0 Å². The summed E-state index contributed by atoms with van der Waals surface area (Å²) >= 11 is 0. The lowest BCUT2D eigenvalue weighted by Gasteiger charge is -2.12. The first-order valence-corrected chi connectivity index (χ1v) is 6.81. The van der Waals surface area contributed by atoms with Crippen molar-refractivity contribution < 1.29 is 9.53 Å². The summed E-state index contributed by atoms with van der Waals surface area (Å²) in [5, 5.41) is 9.69. The van der Waals surface area contributed by atoms with Gasteiger partial charge in [-0.25, -0.2) is 0 Å². The van der Waals surface area contributed by atoms with Crippen LogP contribution in [0.2, 0.25) is 0 Å². The number of carbonyl (C=O) groups is 1. The van der Waals surface area contributed by atoms with Crippen molar-refractivity contribution >= 4 is 5.91 Å². The summed E-state index contributed by atoms with van der Waals surface area (Å²) in [6, 6.07) is 9.86. The first kappa shape index (κ1) is 15.2. The fraction of sp³-hybridized carbons (Fsp3) is 0.333. The van der Waals surface area contributed by atoms with Crippen molar-refractivity contribution in [2.45, 2.75) is 19.1 Å². The number of hydrogen-bond donors (Lipinski definition) is 3. The van der Waals surface area contributed by atoms with Crippen LogP contribution in [0, 0.1) is 0 Å². The third-order valence-electron chi connectivity index (χ3n) is 3.26. The monoisotopic (exact) mass is 288 g/mol. The van der Waals surface area contributed by atoms with Gasteiger partial charge in [0.2, 0.25) is 5.91 Å². The molecule has 0 spiro atoms. The highest BCUT2D eigenvalue weighted by Gasteiger charge is 2.10. The standard InChI is InChI=1S/C15H20N4O2/c1-21-13(9-16)8-15(20)17-10-11-2-4-12(5-3-11)14-6-7-18-19-14/h2-7,13H,8-10,16H2,1H3,(H,17,20)(H,18,19). The molecular formula is C15H20N4O2. The number of benzene rings is 1. The van der Waals surface area contributed by atoms with Crippen LogP contribution in [0.25, 0.3) is 11.3 Å². The van der Waals surface area contributed by atoms with E-state index in [-0.39, 0.29) is 18.4 Å². The van der Waals surface area contributed by atoms with Crippen molar-refractivity contribution in [1.82, 2.24) is 15.5 Å². The summed E-state index contributed by atoms with van der Waals surface area (Å²) in [5.41, 5.74) is 8.55. The van der Waals surface area contributed by atoms with E-state index >= 15 is 0 Å². The molecule has 1 atom stereocenters. The van der Waals surface area contributed by atoms with E-state index in [1.54, 1.807) is 13.3 Å². The molecule has 0 fully saturated rings. The molecule has 112 valence electrons. The van der Waals surface area contributed by atoms with Crippen molar-refractivity contribution in [2.24, 2.45) is 5.73 Å². The lowest BCUT2D eigenvalue weighted by Crippen LogP contribution is -2.31. The van der Waals surface area contributed by atoms with Gasteiger partial charge < -0.3 is 15.8 Å². The van der Waals surface area contributed by atoms with Crippen LogP contribution in [-0.2, 0) is 16.1 Å². The summed E-state index contributed by atoms with van der Waals surface area (Å²) in [5.74, 6) is -0.0649. The van der Waals surface area contributed by atoms with Crippen molar-refractivity contribution in [2.75, 3.05) is 13.7 Å². The lowest BCUT2D eigenvalue weighted by molar-refractivity contribution is -0.123. The molecule has 21 heavy (non-hydrogen) atoms. The molecule has 0 aliphatic carbocycles. The second-order valence-corrected chi connectivity index (χ2v) is 4.74. The van der Waals surface area contributed by atoms with E-state index in [1.807, 2.05) is 30.3 Å². The number of aromatic nitrogens is 2. The molecule has 6 nitrogen and oxygen atoms in total. The molecule has 2 rings (SSSR count).